The van der Waals surface area contributed by atoms with Gasteiger partial charge in [0.15, 0.2) is 0 Å². The molecule has 1 aromatic rings. The topological polar surface area (TPSA) is 18.5 Å². The second kappa shape index (κ2) is 10.4. The predicted octanol–water partition coefficient (Wildman–Crippen LogP) is 8.78. The fourth-order valence-corrected chi connectivity index (χ4v) is 16.4. The zero-order valence-electron chi connectivity index (χ0n) is 21.6. The van der Waals surface area contributed by atoms with Gasteiger partial charge in [0.2, 0.25) is 0 Å². The van der Waals surface area contributed by atoms with Gasteiger partial charge < -0.3 is 8.85 Å². The maximum atomic E-state index is 6.94. The molecule has 1 aromatic carbocycles. The molecule has 0 aliphatic rings. The highest BCUT2D eigenvalue weighted by Crippen LogP contribution is 2.45. The van der Waals surface area contributed by atoms with E-state index in [-0.39, 0.29) is 0 Å². The van der Waals surface area contributed by atoms with E-state index in [1.165, 1.54) is 0 Å². The standard InChI is InChI=1S/C26H46O2Si2/c1-14-24-15-25(27-29(18(2)3,19(4)5)20(6)7)17-26(16-24)28-30(21(8)9,22(10)11)23(12)13/h1,15-23H,2-13H3. The molecule has 30 heavy (non-hydrogen) atoms. The van der Waals surface area contributed by atoms with Crippen LogP contribution in [0.1, 0.15) is 88.6 Å². The van der Waals surface area contributed by atoms with Crippen LogP contribution in [-0.2, 0) is 0 Å². The molecule has 2 nitrogen and oxygen atoms in total. The molecule has 0 saturated carbocycles. The lowest BCUT2D eigenvalue weighted by atomic mass is 10.2. The van der Waals surface area contributed by atoms with Crippen LogP contribution in [-0.4, -0.2) is 16.6 Å². The molecule has 0 spiro atoms. The molecule has 0 aromatic heterocycles. The molecule has 0 saturated heterocycles. The van der Waals surface area contributed by atoms with Crippen LogP contribution < -0.4 is 8.85 Å². The van der Waals surface area contributed by atoms with Crippen LogP contribution in [0.25, 0.3) is 0 Å². The quantitative estimate of drug-likeness (QED) is 0.264. The van der Waals surface area contributed by atoms with Crippen molar-refractivity contribution >= 4 is 16.6 Å². The van der Waals surface area contributed by atoms with E-state index in [0.29, 0.717) is 33.2 Å². The van der Waals surface area contributed by atoms with E-state index in [9.17, 15) is 0 Å². The van der Waals surface area contributed by atoms with Crippen molar-refractivity contribution in [2.45, 2.75) is 116 Å². The Morgan fingerprint density at radius 2 is 0.833 bits per heavy atom. The SMILES string of the molecule is C#Cc1cc(O[Si](C(C)C)(C(C)C)C(C)C)cc(O[Si](C(C)C)(C(C)C)C(C)C)c1. The van der Waals surface area contributed by atoms with Crippen molar-refractivity contribution in [1.29, 1.82) is 0 Å². The van der Waals surface area contributed by atoms with Gasteiger partial charge in [0.05, 0.1) is 0 Å². The zero-order chi connectivity index (χ0) is 23.4. The largest absolute Gasteiger partial charge is 0.543 e. The van der Waals surface area contributed by atoms with Crippen LogP contribution in [0, 0.1) is 12.3 Å². The van der Waals surface area contributed by atoms with Gasteiger partial charge in [-0.3, -0.25) is 0 Å². The highest BCUT2D eigenvalue weighted by Gasteiger charge is 2.48. The molecule has 0 heterocycles. The molecule has 170 valence electrons. The van der Waals surface area contributed by atoms with Gasteiger partial charge in [-0.15, -0.1) is 6.42 Å². The molecular weight excluding hydrogens is 400 g/mol. The Kier molecular flexibility index (Phi) is 9.32. The average Bonchev–Trinajstić information content (AvgIpc) is 2.61. The predicted molar refractivity (Wildman–Crippen MR) is 138 cm³/mol. The van der Waals surface area contributed by atoms with Gasteiger partial charge in [-0.05, 0) is 45.4 Å². The van der Waals surface area contributed by atoms with Gasteiger partial charge >= 0.3 is 0 Å². The van der Waals surface area contributed by atoms with Gasteiger partial charge in [0, 0.05) is 11.6 Å². The van der Waals surface area contributed by atoms with Crippen molar-refractivity contribution < 1.29 is 8.85 Å². The van der Waals surface area contributed by atoms with E-state index in [4.69, 9.17) is 15.3 Å². The highest BCUT2D eigenvalue weighted by atomic mass is 28.4. The molecule has 0 fully saturated rings. The summed E-state index contributed by atoms with van der Waals surface area (Å²) in [6, 6.07) is 6.14. The van der Waals surface area contributed by atoms with Crippen LogP contribution in [0.3, 0.4) is 0 Å². The first kappa shape index (κ1) is 26.8. The molecule has 0 aliphatic carbocycles. The first-order valence-electron chi connectivity index (χ1n) is 11.7. The maximum absolute atomic E-state index is 6.94. The van der Waals surface area contributed by atoms with Crippen molar-refractivity contribution in [3.05, 3.63) is 23.8 Å². The Hall–Kier alpha value is -1.19. The fraction of sp³-hybridized carbons (Fsp3) is 0.692. The summed E-state index contributed by atoms with van der Waals surface area (Å²) in [6.07, 6.45) is 5.84. The van der Waals surface area contributed by atoms with E-state index in [1.807, 2.05) is 12.1 Å². The van der Waals surface area contributed by atoms with E-state index in [1.54, 1.807) is 0 Å². The summed E-state index contributed by atoms with van der Waals surface area (Å²) in [4.78, 5) is 0. The lowest BCUT2D eigenvalue weighted by Crippen LogP contribution is -2.51. The third kappa shape index (κ3) is 5.17. The summed E-state index contributed by atoms with van der Waals surface area (Å²) < 4.78 is 13.9. The van der Waals surface area contributed by atoms with Crippen LogP contribution in [0.2, 0.25) is 33.2 Å². The summed E-state index contributed by atoms with van der Waals surface area (Å²) in [7, 11) is -4.13. The molecule has 0 unspecified atom stereocenters. The number of hydrogen-bond acceptors (Lipinski definition) is 2. The minimum atomic E-state index is -2.06. The van der Waals surface area contributed by atoms with Crippen LogP contribution >= 0.6 is 0 Å². The zero-order valence-corrected chi connectivity index (χ0v) is 23.6. The second-order valence-corrected chi connectivity index (χ2v) is 21.4. The third-order valence-electron chi connectivity index (χ3n) is 7.05. The van der Waals surface area contributed by atoms with Gasteiger partial charge in [-0.2, -0.15) is 0 Å². The smallest absolute Gasteiger partial charge is 0.258 e. The lowest BCUT2D eigenvalue weighted by molar-refractivity contribution is 0.461. The van der Waals surface area contributed by atoms with Gasteiger partial charge in [-0.1, -0.05) is 89.0 Å². The minimum Gasteiger partial charge on any atom is -0.543 e. The molecule has 0 radical (unpaired) electrons. The highest BCUT2D eigenvalue weighted by molar-refractivity contribution is 6.78. The van der Waals surface area contributed by atoms with Gasteiger partial charge in [0.25, 0.3) is 16.6 Å². The Morgan fingerprint density at radius 1 is 0.567 bits per heavy atom. The molecular formula is C26H46O2Si2. The van der Waals surface area contributed by atoms with Crippen molar-refractivity contribution in [3.8, 4) is 23.8 Å². The van der Waals surface area contributed by atoms with Crippen molar-refractivity contribution in [1.82, 2.24) is 0 Å². The van der Waals surface area contributed by atoms with Gasteiger partial charge in [0.1, 0.15) is 11.5 Å². The summed E-state index contributed by atoms with van der Waals surface area (Å²) in [5, 5.41) is 0. The molecule has 4 heteroatoms. The monoisotopic (exact) mass is 446 g/mol. The van der Waals surface area contributed by atoms with E-state index in [2.05, 4.69) is 95.1 Å². The normalized spacial score (nSPS) is 13.1. The first-order valence-corrected chi connectivity index (χ1v) is 16.0. The van der Waals surface area contributed by atoms with E-state index < -0.39 is 16.6 Å². The third-order valence-corrected chi connectivity index (χ3v) is 19.1. The fourth-order valence-electron chi connectivity index (χ4n) is 5.89. The Labute approximate surface area is 189 Å². The van der Waals surface area contributed by atoms with Gasteiger partial charge in [-0.25, -0.2) is 0 Å². The molecule has 0 amide bonds. The number of benzene rings is 1. The Morgan fingerprint density at radius 3 is 1.03 bits per heavy atom. The van der Waals surface area contributed by atoms with Crippen molar-refractivity contribution in [2.24, 2.45) is 0 Å². The molecule has 0 aliphatic heterocycles. The van der Waals surface area contributed by atoms with Crippen LogP contribution in [0.15, 0.2) is 18.2 Å². The van der Waals surface area contributed by atoms with Crippen LogP contribution in [0.5, 0.6) is 11.5 Å². The Bertz CT molecular complexity index is 631. The summed E-state index contributed by atoms with van der Waals surface area (Å²) in [5.41, 5.74) is 3.87. The number of hydrogen-bond donors (Lipinski definition) is 0. The molecule has 0 atom stereocenters. The second-order valence-electron chi connectivity index (χ2n) is 10.7. The minimum absolute atomic E-state index is 0.506. The first-order chi connectivity index (χ1) is 13.7. The number of terminal acetylenes is 1. The summed E-state index contributed by atoms with van der Waals surface area (Å²) in [6.45, 7) is 27.7. The molecule has 0 bridgehead atoms. The maximum Gasteiger partial charge on any atom is 0.258 e. The van der Waals surface area contributed by atoms with Crippen LogP contribution in [0.4, 0.5) is 0 Å². The van der Waals surface area contributed by atoms with E-state index in [0.717, 1.165) is 17.1 Å². The summed E-state index contributed by atoms with van der Waals surface area (Å²) in [5.74, 6) is 4.58. The molecule has 1 rings (SSSR count). The number of rotatable bonds is 10. The Balaban J connectivity index is 3.55. The average molecular weight is 447 g/mol. The molecule has 0 N–H and O–H groups in total. The van der Waals surface area contributed by atoms with Crippen molar-refractivity contribution in [3.63, 3.8) is 0 Å². The summed E-state index contributed by atoms with van der Waals surface area (Å²) >= 11 is 0. The van der Waals surface area contributed by atoms with E-state index >= 15 is 0 Å². The van der Waals surface area contributed by atoms with Crippen molar-refractivity contribution in [2.75, 3.05) is 0 Å². The lowest BCUT2D eigenvalue weighted by Gasteiger charge is -2.43.